The van der Waals surface area contributed by atoms with Gasteiger partial charge in [0.15, 0.2) is 0 Å². The highest BCUT2D eigenvalue weighted by Crippen LogP contribution is 2.33. The van der Waals surface area contributed by atoms with Crippen molar-refractivity contribution in [3.05, 3.63) is 65.3 Å². The second-order valence-electron chi connectivity index (χ2n) is 12.0. The smallest absolute Gasteiger partial charge is 0.309 e. The van der Waals surface area contributed by atoms with Crippen molar-refractivity contribution in [3.63, 3.8) is 0 Å². The summed E-state index contributed by atoms with van der Waals surface area (Å²) in [5.41, 5.74) is 5.42. The zero-order chi connectivity index (χ0) is 29.3. The summed E-state index contributed by atoms with van der Waals surface area (Å²) in [4.78, 5) is 25.0. The van der Waals surface area contributed by atoms with E-state index in [0.29, 0.717) is 17.9 Å². The maximum Gasteiger partial charge on any atom is 0.309 e. The third-order valence-electron chi connectivity index (χ3n) is 7.90. The van der Waals surface area contributed by atoms with Crippen molar-refractivity contribution in [1.29, 1.82) is 0 Å². The number of ether oxygens (including phenoxy) is 1. The number of benzene rings is 1. The van der Waals surface area contributed by atoms with Gasteiger partial charge in [-0.2, -0.15) is 5.10 Å². The number of nitrogens with one attached hydrogen (secondary N) is 3. The summed E-state index contributed by atoms with van der Waals surface area (Å²) in [6, 6.07) is 8.48. The van der Waals surface area contributed by atoms with E-state index < -0.39 is 0 Å². The van der Waals surface area contributed by atoms with Gasteiger partial charge in [0, 0.05) is 49.5 Å². The number of fused-ring (bicyclic) bond motifs is 1. The number of carbonyl (C=O) groups excluding carboxylic acids is 1. The third kappa shape index (κ3) is 6.04. The Balaban J connectivity index is 1.29. The first-order valence-corrected chi connectivity index (χ1v) is 14.4. The lowest BCUT2D eigenvalue weighted by Gasteiger charge is -2.33. The van der Waals surface area contributed by atoms with Crippen molar-refractivity contribution in [2.24, 2.45) is 0 Å². The first-order valence-electron chi connectivity index (χ1n) is 14.4. The number of H-pyrrole nitrogens is 1. The Morgan fingerprint density at radius 2 is 1.95 bits per heavy atom. The number of aromatic amines is 1. The van der Waals surface area contributed by atoms with Crippen LogP contribution >= 0.6 is 0 Å². The molecule has 1 fully saturated rings. The quantitative estimate of drug-likeness (QED) is 0.303. The van der Waals surface area contributed by atoms with Gasteiger partial charge in [-0.05, 0) is 49.4 Å². The molecule has 0 radical (unpaired) electrons. The number of anilines is 2. The molecular weight excluding hydrogens is 534 g/mol. The lowest BCUT2D eigenvalue weighted by Crippen LogP contribution is -2.39. The van der Waals surface area contributed by atoms with Crippen LogP contribution in [0.4, 0.5) is 11.6 Å². The summed E-state index contributed by atoms with van der Waals surface area (Å²) in [5, 5.41) is 21.5. The fourth-order valence-electron chi connectivity index (χ4n) is 5.52. The molecule has 0 bridgehead atoms. The van der Waals surface area contributed by atoms with Crippen molar-refractivity contribution in [3.8, 4) is 11.3 Å². The summed E-state index contributed by atoms with van der Waals surface area (Å²) in [7, 11) is 0. The summed E-state index contributed by atoms with van der Waals surface area (Å²) >= 11 is 0. The molecule has 220 valence electrons. The van der Waals surface area contributed by atoms with E-state index in [1.165, 1.54) is 0 Å². The first kappa shape index (κ1) is 28.0. The Bertz CT molecular complexity index is 1550. The van der Waals surface area contributed by atoms with Crippen LogP contribution in [0, 0.1) is 6.92 Å². The van der Waals surface area contributed by atoms with Gasteiger partial charge < -0.3 is 19.8 Å². The molecule has 1 aromatic carbocycles. The zero-order valence-electron chi connectivity index (χ0n) is 24.5. The average Bonchev–Trinajstić information content (AvgIpc) is 3.61. The van der Waals surface area contributed by atoms with Gasteiger partial charge in [0.1, 0.15) is 0 Å². The van der Waals surface area contributed by atoms with Crippen LogP contribution in [0.3, 0.4) is 0 Å². The highest BCUT2D eigenvalue weighted by Gasteiger charge is 2.31. The molecule has 2 aliphatic rings. The molecule has 0 saturated carbocycles. The minimum Gasteiger partial charge on any atom is -0.416 e. The van der Waals surface area contributed by atoms with Gasteiger partial charge >= 0.3 is 11.8 Å². The minimum atomic E-state index is -0.362. The van der Waals surface area contributed by atoms with E-state index in [0.717, 1.165) is 79.3 Å². The van der Waals surface area contributed by atoms with Crippen LogP contribution in [0.1, 0.15) is 79.5 Å². The largest absolute Gasteiger partial charge is 0.416 e. The molecule has 3 N–H and O–H groups in total. The Morgan fingerprint density at radius 1 is 1.12 bits per heavy atom. The van der Waals surface area contributed by atoms with E-state index in [-0.39, 0.29) is 23.3 Å². The normalized spacial score (nSPS) is 18.3. The molecule has 42 heavy (non-hydrogen) atoms. The SMILES string of the molecule is Cc1[nH]ncc1Nc1nccc(-c2ccc3c(c2)CN(C2CCOCC2)CC[C@@H]3NC(=O)c2nnc(C(C)(C)C)o2)n1. The van der Waals surface area contributed by atoms with Crippen LogP contribution < -0.4 is 10.6 Å². The number of aryl methyl sites for hydroxylation is 1. The summed E-state index contributed by atoms with van der Waals surface area (Å²) in [6.45, 7) is 11.0. The predicted molar refractivity (Wildman–Crippen MR) is 156 cm³/mol. The molecule has 0 unspecified atom stereocenters. The van der Waals surface area contributed by atoms with Gasteiger partial charge in [0.2, 0.25) is 11.8 Å². The highest BCUT2D eigenvalue weighted by atomic mass is 16.5. The van der Waals surface area contributed by atoms with Crippen molar-refractivity contribution >= 4 is 17.5 Å². The van der Waals surface area contributed by atoms with Gasteiger partial charge in [-0.25, -0.2) is 9.97 Å². The van der Waals surface area contributed by atoms with Crippen LogP contribution in [0.15, 0.2) is 41.1 Å². The van der Waals surface area contributed by atoms with E-state index in [9.17, 15) is 4.79 Å². The lowest BCUT2D eigenvalue weighted by atomic mass is 9.96. The van der Waals surface area contributed by atoms with Gasteiger partial charge in [0.05, 0.1) is 29.3 Å². The Morgan fingerprint density at radius 3 is 2.69 bits per heavy atom. The maximum atomic E-state index is 13.3. The summed E-state index contributed by atoms with van der Waals surface area (Å²) in [6.07, 6.45) is 6.22. The van der Waals surface area contributed by atoms with Crippen LogP contribution in [0.2, 0.25) is 0 Å². The highest BCUT2D eigenvalue weighted by molar-refractivity contribution is 5.89. The van der Waals surface area contributed by atoms with Crippen LogP contribution in [-0.2, 0) is 16.7 Å². The summed E-state index contributed by atoms with van der Waals surface area (Å²) < 4.78 is 11.4. The van der Waals surface area contributed by atoms with Gasteiger partial charge in [0.25, 0.3) is 0 Å². The monoisotopic (exact) mass is 571 g/mol. The maximum absolute atomic E-state index is 13.3. The third-order valence-corrected chi connectivity index (χ3v) is 7.90. The second kappa shape index (κ2) is 11.6. The zero-order valence-corrected chi connectivity index (χ0v) is 24.5. The molecule has 0 aliphatic carbocycles. The number of nitrogens with zero attached hydrogens (tertiary/aromatic N) is 6. The number of rotatable bonds is 6. The lowest BCUT2D eigenvalue weighted by molar-refractivity contribution is 0.0309. The number of aromatic nitrogens is 6. The van der Waals surface area contributed by atoms with Gasteiger partial charge in [-0.1, -0.05) is 32.9 Å². The topological polar surface area (TPSA) is 147 Å². The predicted octanol–water partition coefficient (Wildman–Crippen LogP) is 4.46. The van der Waals surface area contributed by atoms with Crippen molar-refractivity contribution < 1.29 is 13.9 Å². The van der Waals surface area contributed by atoms with E-state index in [2.05, 4.69) is 59.1 Å². The first-order chi connectivity index (χ1) is 20.2. The van der Waals surface area contributed by atoms with E-state index >= 15 is 0 Å². The fraction of sp³-hybridized carbons (Fsp3) is 0.467. The standard InChI is InChI=1S/C30H37N9O3/c1-18-25(16-32-36-18)35-29-31-11-7-23(34-29)19-5-6-22-20(15-19)17-39(21-9-13-41-14-10-21)12-8-24(22)33-26(40)27-37-38-28(42-27)30(2,3)4/h5-7,11,15-16,21,24H,8-10,12-14,17H2,1-4H3,(H,32,36)(H,33,40)(H,31,34,35)/t24-/m0/s1. The van der Waals surface area contributed by atoms with E-state index in [1.807, 2.05) is 33.8 Å². The molecule has 0 spiro atoms. The molecule has 12 heteroatoms. The molecule has 1 amide bonds. The fourth-order valence-corrected chi connectivity index (χ4v) is 5.52. The molecule has 4 aromatic rings. The van der Waals surface area contributed by atoms with Crippen molar-refractivity contribution in [2.75, 3.05) is 25.1 Å². The molecular formula is C30H37N9O3. The molecule has 5 heterocycles. The van der Waals surface area contributed by atoms with E-state index in [1.54, 1.807) is 12.4 Å². The van der Waals surface area contributed by atoms with Gasteiger partial charge in [-0.15, -0.1) is 10.2 Å². The second-order valence-corrected chi connectivity index (χ2v) is 12.0. The average molecular weight is 572 g/mol. The Hall–Kier alpha value is -4.16. The number of carbonyl (C=O) groups is 1. The summed E-state index contributed by atoms with van der Waals surface area (Å²) in [5.74, 6) is 0.553. The Kier molecular flexibility index (Phi) is 7.74. The molecule has 12 nitrogen and oxygen atoms in total. The Labute approximate surface area is 244 Å². The number of hydrogen-bond donors (Lipinski definition) is 3. The van der Waals surface area contributed by atoms with Crippen molar-refractivity contribution in [2.45, 2.75) is 71.0 Å². The van der Waals surface area contributed by atoms with E-state index in [4.69, 9.17) is 14.1 Å². The molecule has 2 aliphatic heterocycles. The van der Waals surface area contributed by atoms with Crippen LogP contribution in [-0.4, -0.2) is 67.0 Å². The molecule has 3 aromatic heterocycles. The molecule has 6 rings (SSSR count). The number of hydrogen-bond acceptors (Lipinski definition) is 10. The van der Waals surface area contributed by atoms with Crippen LogP contribution in [0.5, 0.6) is 0 Å². The van der Waals surface area contributed by atoms with Gasteiger partial charge in [-0.3, -0.25) is 14.8 Å². The molecule has 1 saturated heterocycles. The molecule has 1 atom stereocenters. The van der Waals surface area contributed by atoms with Crippen LogP contribution in [0.25, 0.3) is 11.3 Å². The van der Waals surface area contributed by atoms with Crippen molar-refractivity contribution in [1.82, 2.24) is 40.6 Å². The minimum absolute atomic E-state index is 0.0162. The number of amides is 1.